The van der Waals surface area contributed by atoms with Crippen molar-refractivity contribution < 1.29 is 13.2 Å². The number of carbonyl (C=O) groups excluding carboxylic acids is 1. The van der Waals surface area contributed by atoms with E-state index in [0.717, 1.165) is 22.6 Å². The monoisotopic (exact) mass is 410 g/mol. The van der Waals surface area contributed by atoms with Crippen LogP contribution >= 0.6 is 22.7 Å². The van der Waals surface area contributed by atoms with Crippen LogP contribution in [0.2, 0.25) is 0 Å². The minimum atomic E-state index is -3.41. The summed E-state index contributed by atoms with van der Waals surface area (Å²) >= 11 is 2.81. The van der Waals surface area contributed by atoms with Gasteiger partial charge in [0.25, 0.3) is 10.0 Å². The average Bonchev–Trinajstić information content (AvgIpc) is 3.36. The van der Waals surface area contributed by atoms with E-state index in [4.69, 9.17) is 0 Å². The molecule has 0 unspecified atom stereocenters. The molecule has 3 rings (SSSR count). The van der Waals surface area contributed by atoms with E-state index in [1.807, 2.05) is 17.5 Å². The number of thiophene rings is 2. The van der Waals surface area contributed by atoms with Gasteiger partial charge in [0.15, 0.2) is 0 Å². The van der Waals surface area contributed by atoms with Crippen molar-refractivity contribution in [3.8, 4) is 0 Å². The van der Waals surface area contributed by atoms with E-state index in [1.165, 1.54) is 15.6 Å². The maximum Gasteiger partial charge on any atom is 0.252 e. The third kappa shape index (κ3) is 4.43. The fraction of sp³-hybridized carbons (Fsp3) is 0.389. The first-order valence-corrected chi connectivity index (χ1v) is 11.6. The molecule has 0 saturated carbocycles. The van der Waals surface area contributed by atoms with Crippen LogP contribution in [0.3, 0.4) is 0 Å². The molecule has 1 saturated heterocycles. The van der Waals surface area contributed by atoms with E-state index in [-0.39, 0.29) is 12.3 Å². The zero-order valence-corrected chi connectivity index (χ0v) is 16.9. The van der Waals surface area contributed by atoms with Crippen LogP contribution in [0, 0.1) is 0 Å². The zero-order valence-electron chi connectivity index (χ0n) is 14.5. The Balaban J connectivity index is 1.68. The smallest absolute Gasteiger partial charge is 0.252 e. The van der Waals surface area contributed by atoms with Gasteiger partial charge in [-0.25, -0.2) is 8.42 Å². The molecular weight excluding hydrogens is 388 g/mol. The lowest BCUT2D eigenvalue weighted by atomic mass is 10.3. The normalized spacial score (nSPS) is 15.2. The maximum absolute atomic E-state index is 12.7. The molecule has 26 heavy (non-hydrogen) atoms. The predicted octanol–water partition coefficient (Wildman–Crippen LogP) is 3.35. The van der Waals surface area contributed by atoms with Crippen LogP contribution in [0.1, 0.15) is 22.6 Å². The van der Waals surface area contributed by atoms with E-state index in [1.54, 1.807) is 34.4 Å². The van der Waals surface area contributed by atoms with Gasteiger partial charge in [-0.2, -0.15) is 4.31 Å². The lowest BCUT2D eigenvalue weighted by Gasteiger charge is -2.20. The lowest BCUT2D eigenvalue weighted by molar-refractivity contribution is -0.130. The van der Waals surface area contributed by atoms with E-state index in [2.05, 4.69) is 6.58 Å². The summed E-state index contributed by atoms with van der Waals surface area (Å²) in [5, 5.41) is 1.99. The molecule has 140 valence electrons. The second-order valence-corrected chi connectivity index (χ2v) is 10.5. The first-order chi connectivity index (χ1) is 12.5. The third-order valence-corrected chi connectivity index (χ3v) is 8.56. The minimum Gasteiger partial charge on any atom is -0.334 e. The van der Waals surface area contributed by atoms with Gasteiger partial charge in [0.05, 0.1) is 13.0 Å². The van der Waals surface area contributed by atoms with Gasteiger partial charge < -0.3 is 4.90 Å². The third-order valence-electron chi connectivity index (χ3n) is 4.25. The Bertz CT molecular complexity index is 850. The Hall–Kier alpha value is -1.48. The van der Waals surface area contributed by atoms with E-state index in [9.17, 15) is 13.2 Å². The summed E-state index contributed by atoms with van der Waals surface area (Å²) in [6.45, 7) is 5.92. The van der Waals surface area contributed by atoms with E-state index < -0.39 is 10.0 Å². The van der Waals surface area contributed by atoms with Gasteiger partial charge in [-0.05, 0) is 36.4 Å². The molecule has 1 aliphatic heterocycles. The lowest BCUT2D eigenvalue weighted by Crippen LogP contribution is -2.31. The summed E-state index contributed by atoms with van der Waals surface area (Å²) in [5.41, 5.74) is 0. The first-order valence-electron chi connectivity index (χ1n) is 8.50. The first kappa shape index (κ1) is 19.3. The Morgan fingerprint density at radius 2 is 2.00 bits per heavy atom. The highest BCUT2D eigenvalue weighted by Gasteiger charge is 2.28. The topological polar surface area (TPSA) is 57.7 Å². The van der Waals surface area contributed by atoms with Gasteiger partial charge in [0.2, 0.25) is 5.91 Å². The number of amides is 1. The molecule has 8 heteroatoms. The maximum atomic E-state index is 12.7. The van der Waals surface area contributed by atoms with Crippen LogP contribution in [0.25, 0.3) is 0 Å². The van der Waals surface area contributed by atoms with Crippen molar-refractivity contribution in [3.05, 3.63) is 52.1 Å². The van der Waals surface area contributed by atoms with Crippen LogP contribution < -0.4 is 0 Å². The van der Waals surface area contributed by atoms with Crippen molar-refractivity contribution in [1.82, 2.24) is 9.21 Å². The van der Waals surface area contributed by atoms with E-state index in [0.29, 0.717) is 30.4 Å². The van der Waals surface area contributed by atoms with Gasteiger partial charge >= 0.3 is 0 Å². The molecule has 1 fully saturated rings. The Morgan fingerprint density at radius 1 is 1.23 bits per heavy atom. The van der Waals surface area contributed by atoms with Crippen LogP contribution in [-0.4, -0.2) is 43.2 Å². The van der Waals surface area contributed by atoms with Gasteiger partial charge in [-0.15, -0.1) is 29.3 Å². The van der Waals surface area contributed by atoms with Crippen LogP contribution in [0.15, 0.2) is 46.5 Å². The standard InChI is InChI=1S/C18H22N2O3S3/c1-2-9-19(14-16-6-5-12-24-16)17(21)13-15-7-8-18(25-15)26(22,23)20-10-3-4-11-20/h2,5-8,12H,1,3-4,9-11,13-14H2. The van der Waals surface area contributed by atoms with Gasteiger partial charge in [-0.1, -0.05) is 12.1 Å². The molecule has 0 spiro atoms. The molecular formula is C18H22N2O3S3. The van der Waals surface area contributed by atoms with Crippen molar-refractivity contribution in [3.63, 3.8) is 0 Å². The summed E-state index contributed by atoms with van der Waals surface area (Å²) in [5.74, 6) is -0.0229. The van der Waals surface area contributed by atoms with Crippen molar-refractivity contribution in [1.29, 1.82) is 0 Å². The predicted molar refractivity (Wildman–Crippen MR) is 106 cm³/mol. The quantitative estimate of drug-likeness (QED) is 0.627. The molecule has 1 aliphatic rings. The highest BCUT2D eigenvalue weighted by molar-refractivity contribution is 7.91. The number of rotatable bonds is 8. The molecule has 0 radical (unpaired) electrons. The highest BCUT2D eigenvalue weighted by Crippen LogP contribution is 2.28. The summed E-state index contributed by atoms with van der Waals surface area (Å²) in [6, 6.07) is 7.34. The van der Waals surface area contributed by atoms with E-state index >= 15 is 0 Å². The number of sulfonamides is 1. The summed E-state index contributed by atoms with van der Waals surface area (Å²) in [6.07, 6.45) is 3.74. The van der Waals surface area contributed by atoms with Crippen molar-refractivity contribution >= 4 is 38.6 Å². The molecule has 3 heterocycles. The summed E-state index contributed by atoms with van der Waals surface area (Å²) in [7, 11) is -3.41. The van der Waals surface area contributed by atoms with Crippen LogP contribution in [0.4, 0.5) is 0 Å². The van der Waals surface area contributed by atoms with Crippen molar-refractivity contribution in [2.75, 3.05) is 19.6 Å². The summed E-state index contributed by atoms with van der Waals surface area (Å²) < 4.78 is 27.1. The molecule has 1 amide bonds. The largest absolute Gasteiger partial charge is 0.334 e. The zero-order chi connectivity index (χ0) is 18.6. The van der Waals surface area contributed by atoms with Crippen molar-refractivity contribution in [2.24, 2.45) is 0 Å². The molecule has 0 aromatic carbocycles. The molecule has 0 bridgehead atoms. The van der Waals surface area contributed by atoms with Gasteiger partial charge in [-0.3, -0.25) is 4.79 Å². The molecule has 5 nitrogen and oxygen atoms in total. The number of hydrogen-bond donors (Lipinski definition) is 0. The number of nitrogens with zero attached hydrogens (tertiary/aromatic N) is 2. The van der Waals surface area contributed by atoms with Crippen molar-refractivity contribution in [2.45, 2.75) is 30.0 Å². The Labute approximate surface area is 162 Å². The fourth-order valence-corrected chi connectivity index (χ4v) is 6.65. The minimum absolute atomic E-state index is 0.0229. The van der Waals surface area contributed by atoms with Gasteiger partial charge in [0, 0.05) is 29.4 Å². The number of carbonyl (C=O) groups is 1. The highest BCUT2D eigenvalue weighted by atomic mass is 32.2. The Morgan fingerprint density at radius 3 is 2.65 bits per heavy atom. The van der Waals surface area contributed by atoms with Gasteiger partial charge in [0.1, 0.15) is 4.21 Å². The number of hydrogen-bond acceptors (Lipinski definition) is 5. The molecule has 0 N–H and O–H groups in total. The average molecular weight is 411 g/mol. The second kappa shape index (κ2) is 8.47. The SMILES string of the molecule is C=CCN(Cc1cccs1)C(=O)Cc1ccc(S(=O)(=O)N2CCCC2)s1. The van der Waals surface area contributed by atoms with Crippen LogP contribution in [-0.2, 0) is 27.8 Å². The molecule has 2 aromatic heterocycles. The van der Waals surface area contributed by atoms with Crippen LogP contribution in [0.5, 0.6) is 0 Å². The Kier molecular flexibility index (Phi) is 6.29. The molecule has 2 aromatic rings. The fourth-order valence-electron chi connectivity index (χ4n) is 2.91. The molecule has 0 atom stereocenters. The second-order valence-electron chi connectivity index (χ2n) is 6.15. The molecule has 0 aliphatic carbocycles. The summed E-state index contributed by atoms with van der Waals surface area (Å²) in [4.78, 5) is 16.3.